The number of aromatic nitrogens is 1. The van der Waals surface area contributed by atoms with Crippen molar-refractivity contribution in [2.75, 3.05) is 20.3 Å². The highest BCUT2D eigenvalue weighted by atomic mass is 35.5. The van der Waals surface area contributed by atoms with E-state index in [1.807, 2.05) is 47.4 Å². The molecule has 2 aromatic carbocycles. The van der Waals surface area contributed by atoms with Crippen LogP contribution in [0.15, 0.2) is 65.2 Å². The third-order valence-electron chi connectivity index (χ3n) is 4.37. The van der Waals surface area contributed by atoms with E-state index in [4.69, 9.17) is 20.8 Å². The molecular weight excluding hydrogens is 376 g/mol. The van der Waals surface area contributed by atoms with Gasteiger partial charge in [0.05, 0.1) is 12.8 Å². The van der Waals surface area contributed by atoms with E-state index in [0.29, 0.717) is 49.2 Å². The average Bonchev–Trinajstić information content (AvgIpc) is 3.19. The number of ether oxygens (including phenoxy) is 1. The van der Waals surface area contributed by atoms with Gasteiger partial charge in [-0.05, 0) is 29.8 Å². The monoisotopic (exact) mass is 398 g/mol. The van der Waals surface area contributed by atoms with Gasteiger partial charge in [-0.2, -0.15) is 0 Å². The maximum absolute atomic E-state index is 12.7. The Kier molecular flexibility index (Phi) is 7.23. The van der Waals surface area contributed by atoms with E-state index in [0.717, 1.165) is 11.1 Å². The molecule has 0 radical (unpaired) electrons. The summed E-state index contributed by atoms with van der Waals surface area (Å²) in [6, 6.07) is 17.3. The second-order valence-electron chi connectivity index (χ2n) is 6.42. The molecule has 0 aliphatic carbocycles. The van der Waals surface area contributed by atoms with Gasteiger partial charge >= 0.3 is 0 Å². The van der Waals surface area contributed by atoms with Gasteiger partial charge in [0, 0.05) is 43.6 Å². The van der Waals surface area contributed by atoms with Crippen molar-refractivity contribution in [3.63, 3.8) is 0 Å². The minimum Gasteiger partial charge on any atom is -0.441 e. The Hall–Kier alpha value is -2.63. The summed E-state index contributed by atoms with van der Waals surface area (Å²) in [5.41, 5.74) is 1.99. The quantitative estimate of drug-likeness (QED) is 0.528. The van der Waals surface area contributed by atoms with E-state index >= 15 is 0 Å². The number of carbonyl (C=O) groups is 1. The summed E-state index contributed by atoms with van der Waals surface area (Å²) < 4.78 is 10.9. The summed E-state index contributed by atoms with van der Waals surface area (Å²) in [4.78, 5) is 18.8. The van der Waals surface area contributed by atoms with Crippen molar-refractivity contribution >= 4 is 17.5 Å². The van der Waals surface area contributed by atoms with Gasteiger partial charge in [0.25, 0.3) is 0 Å². The molecule has 0 bridgehead atoms. The third-order valence-corrected chi connectivity index (χ3v) is 4.62. The lowest BCUT2D eigenvalue weighted by Gasteiger charge is -2.22. The molecule has 0 saturated carbocycles. The molecule has 0 spiro atoms. The fourth-order valence-corrected chi connectivity index (χ4v) is 2.97. The van der Waals surface area contributed by atoms with Gasteiger partial charge in [-0.15, -0.1) is 0 Å². The first-order valence-electron chi connectivity index (χ1n) is 9.17. The maximum Gasteiger partial charge on any atom is 0.223 e. The van der Waals surface area contributed by atoms with Crippen molar-refractivity contribution in [1.29, 1.82) is 0 Å². The lowest BCUT2D eigenvalue weighted by Crippen LogP contribution is -2.33. The number of carbonyl (C=O) groups excluding carboxylic acids is 1. The van der Waals surface area contributed by atoms with Crippen molar-refractivity contribution in [1.82, 2.24) is 9.88 Å². The predicted molar refractivity (Wildman–Crippen MR) is 109 cm³/mol. The fraction of sp³-hybridized carbons (Fsp3) is 0.273. The number of rotatable bonds is 9. The van der Waals surface area contributed by atoms with Gasteiger partial charge in [0.1, 0.15) is 0 Å². The Bertz CT molecular complexity index is 878. The van der Waals surface area contributed by atoms with Gasteiger partial charge in [-0.25, -0.2) is 4.98 Å². The number of halogens is 1. The first kappa shape index (κ1) is 20.1. The molecule has 0 unspecified atom stereocenters. The Morgan fingerprint density at radius 3 is 2.61 bits per heavy atom. The van der Waals surface area contributed by atoms with Gasteiger partial charge in [-0.3, -0.25) is 4.79 Å². The summed E-state index contributed by atoms with van der Waals surface area (Å²) >= 11 is 5.92. The summed E-state index contributed by atoms with van der Waals surface area (Å²) in [5, 5.41) is 0.670. The van der Waals surface area contributed by atoms with Gasteiger partial charge in [0.2, 0.25) is 5.91 Å². The lowest BCUT2D eigenvalue weighted by molar-refractivity contribution is -0.132. The van der Waals surface area contributed by atoms with Crippen LogP contribution in [0, 0.1) is 0 Å². The first-order valence-corrected chi connectivity index (χ1v) is 9.55. The van der Waals surface area contributed by atoms with Gasteiger partial charge in [-0.1, -0.05) is 41.9 Å². The molecule has 0 saturated heterocycles. The van der Waals surface area contributed by atoms with Crippen LogP contribution in [-0.2, 0) is 22.5 Å². The molecule has 1 heterocycles. The number of nitrogens with zero attached hydrogens (tertiary/aromatic N) is 2. The number of methoxy groups -OCH3 is 1. The number of amides is 1. The zero-order valence-electron chi connectivity index (χ0n) is 15.8. The smallest absolute Gasteiger partial charge is 0.223 e. The Morgan fingerprint density at radius 2 is 1.89 bits per heavy atom. The number of benzene rings is 2. The highest BCUT2D eigenvalue weighted by molar-refractivity contribution is 6.30. The first-order chi connectivity index (χ1) is 13.7. The van der Waals surface area contributed by atoms with Crippen LogP contribution in [0.25, 0.3) is 11.3 Å². The van der Waals surface area contributed by atoms with Crippen LogP contribution in [0.1, 0.15) is 17.9 Å². The largest absolute Gasteiger partial charge is 0.441 e. The van der Waals surface area contributed by atoms with Crippen LogP contribution >= 0.6 is 11.6 Å². The molecular formula is C22H23ClN2O3. The fourth-order valence-electron chi connectivity index (χ4n) is 2.84. The topological polar surface area (TPSA) is 55.6 Å². The zero-order chi connectivity index (χ0) is 19.8. The van der Waals surface area contributed by atoms with Crippen molar-refractivity contribution in [3.05, 3.63) is 77.3 Å². The van der Waals surface area contributed by atoms with Crippen LogP contribution in [-0.4, -0.2) is 36.1 Å². The number of oxazole rings is 1. The molecule has 1 amide bonds. The highest BCUT2D eigenvalue weighted by Gasteiger charge is 2.16. The molecule has 0 fully saturated rings. The predicted octanol–water partition coefficient (Wildman–Crippen LogP) is 4.60. The van der Waals surface area contributed by atoms with Crippen molar-refractivity contribution in [2.24, 2.45) is 0 Å². The Labute approximate surface area is 169 Å². The maximum atomic E-state index is 12.7. The van der Waals surface area contributed by atoms with Gasteiger partial charge in [0.15, 0.2) is 11.7 Å². The second-order valence-corrected chi connectivity index (χ2v) is 6.86. The van der Waals surface area contributed by atoms with E-state index in [-0.39, 0.29) is 5.91 Å². The molecule has 146 valence electrons. The van der Waals surface area contributed by atoms with Crippen LogP contribution in [0.5, 0.6) is 0 Å². The van der Waals surface area contributed by atoms with Crippen molar-refractivity contribution in [2.45, 2.75) is 19.4 Å². The van der Waals surface area contributed by atoms with E-state index in [9.17, 15) is 4.79 Å². The molecule has 0 aliphatic heterocycles. The summed E-state index contributed by atoms with van der Waals surface area (Å²) in [6.07, 6.45) is 2.46. The summed E-state index contributed by atoms with van der Waals surface area (Å²) in [5.74, 6) is 1.26. The molecule has 1 aromatic heterocycles. The molecule has 6 heteroatoms. The molecule has 28 heavy (non-hydrogen) atoms. The van der Waals surface area contributed by atoms with E-state index in [2.05, 4.69) is 4.98 Å². The van der Waals surface area contributed by atoms with Gasteiger partial charge < -0.3 is 14.1 Å². The SMILES string of the molecule is COCCN(Cc1ccccc1)C(=O)CCc1ncc(-c2ccc(Cl)cc2)o1. The molecule has 5 nitrogen and oxygen atoms in total. The average molecular weight is 399 g/mol. The Balaban J connectivity index is 1.60. The summed E-state index contributed by atoms with van der Waals surface area (Å²) in [7, 11) is 1.64. The minimum atomic E-state index is 0.0483. The highest BCUT2D eigenvalue weighted by Crippen LogP contribution is 2.22. The third kappa shape index (κ3) is 5.68. The zero-order valence-corrected chi connectivity index (χ0v) is 16.6. The molecule has 0 aliphatic rings. The van der Waals surface area contributed by atoms with Crippen molar-refractivity contribution in [3.8, 4) is 11.3 Å². The summed E-state index contributed by atoms with van der Waals surface area (Å²) in [6.45, 7) is 1.61. The van der Waals surface area contributed by atoms with E-state index in [1.165, 1.54) is 0 Å². The number of hydrogen-bond donors (Lipinski definition) is 0. The Morgan fingerprint density at radius 1 is 1.14 bits per heavy atom. The standard InChI is InChI=1S/C22H23ClN2O3/c1-27-14-13-25(16-17-5-3-2-4-6-17)22(26)12-11-21-24-15-20(28-21)18-7-9-19(23)10-8-18/h2-10,15H,11-14,16H2,1H3. The minimum absolute atomic E-state index is 0.0483. The number of hydrogen-bond acceptors (Lipinski definition) is 4. The second kappa shape index (κ2) is 10.1. The van der Waals surface area contributed by atoms with Crippen LogP contribution in [0.2, 0.25) is 5.02 Å². The number of aryl methyl sites for hydroxylation is 1. The molecule has 0 N–H and O–H groups in total. The lowest BCUT2D eigenvalue weighted by atomic mass is 10.2. The van der Waals surface area contributed by atoms with Crippen LogP contribution in [0.3, 0.4) is 0 Å². The van der Waals surface area contributed by atoms with Crippen molar-refractivity contribution < 1.29 is 13.9 Å². The molecule has 3 aromatic rings. The molecule has 0 atom stereocenters. The van der Waals surface area contributed by atoms with Crippen LogP contribution < -0.4 is 0 Å². The normalized spacial score (nSPS) is 10.8. The van der Waals surface area contributed by atoms with E-state index < -0.39 is 0 Å². The van der Waals surface area contributed by atoms with Crippen LogP contribution in [0.4, 0.5) is 0 Å². The molecule has 3 rings (SSSR count). The van der Waals surface area contributed by atoms with E-state index in [1.54, 1.807) is 25.4 Å².